The Morgan fingerprint density at radius 1 is 1.38 bits per heavy atom. The Balaban J connectivity index is 2.89. The number of hydrogen-bond acceptors (Lipinski definition) is 2. The number of nitrogens with two attached hydrogens (primary N) is 1. The maximum Gasteiger partial charge on any atom is 0.125 e. The fraction of sp³-hybridized carbons (Fsp3) is 0.385. The largest absolute Gasteiger partial charge is 0.488 e. The summed E-state index contributed by atoms with van der Waals surface area (Å²) in [6, 6.07) is 4.26. The number of aryl methyl sites for hydroxylation is 2. The fourth-order valence-corrected chi connectivity index (χ4v) is 1.84. The molecule has 0 saturated heterocycles. The van der Waals surface area contributed by atoms with E-state index in [1.54, 1.807) is 0 Å². The highest BCUT2D eigenvalue weighted by Gasteiger charge is 2.06. The lowest BCUT2D eigenvalue weighted by Crippen LogP contribution is -2.05. The van der Waals surface area contributed by atoms with Crippen LogP contribution in [0.1, 0.15) is 16.7 Å². The van der Waals surface area contributed by atoms with Crippen molar-refractivity contribution in [3.63, 3.8) is 0 Å². The molecule has 2 N–H and O–H groups in total. The summed E-state index contributed by atoms with van der Waals surface area (Å²) in [6.45, 7) is 9.04. The van der Waals surface area contributed by atoms with Crippen LogP contribution in [-0.4, -0.2) is 13.2 Å². The first-order valence-electron chi connectivity index (χ1n) is 5.31. The van der Waals surface area contributed by atoms with E-state index in [1.807, 2.05) is 0 Å². The van der Waals surface area contributed by atoms with Crippen LogP contribution in [-0.2, 0) is 6.42 Å². The zero-order chi connectivity index (χ0) is 12.1. The van der Waals surface area contributed by atoms with Crippen LogP contribution < -0.4 is 10.5 Å². The highest BCUT2D eigenvalue weighted by atomic mass is 79.9. The maximum absolute atomic E-state index is 5.68. The van der Waals surface area contributed by atoms with Gasteiger partial charge in [0.2, 0.25) is 0 Å². The molecule has 0 amide bonds. The van der Waals surface area contributed by atoms with Crippen molar-refractivity contribution in [3.8, 4) is 5.75 Å². The van der Waals surface area contributed by atoms with Crippen LogP contribution in [0.2, 0.25) is 0 Å². The van der Waals surface area contributed by atoms with Crippen molar-refractivity contribution in [2.24, 2.45) is 5.73 Å². The molecule has 1 rings (SSSR count). The molecular formula is C13H18BrNO. The maximum atomic E-state index is 5.68. The lowest BCUT2D eigenvalue weighted by molar-refractivity contribution is 0.355. The molecule has 88 valence electrons. The molecule has 2 nitrogen and oxygen atoms in total. The number of rotatable bonds is 5. The molecule has 1 aromatic carbocycles. The molecule has 0 heterocycles. The topological polar surface area (TPSA) is 35.2 Å². The molecule has 0 unspecified atom stereocenters. The third-order valence-corrected chi connectivity index (χ3v) is 2.56. The zero-order valence-corrected chi connectivity index (χ0v) is 11.4. The monoisotopic (exact) mass is 283 g/mol. The second kappa shape index (κ2) is 6.06. The van der Waals surface area contributed by atoms with Gasteiger partial charge in [-0.3, -0.25) is 0 Å². The van der Waals surface area contributed by atoms with Gasteiger partial charge >= 0.3 is 0 Å². The summed E-state index contributed by atoms with van der Waals surface area (Å²) in [6.07, 6.45) is 0.910. The molecule has 0 aliphatic carbocycles. The van der Waals surface area contributed by atoms with E-state index in [2.05, 4.69) is 48.5 Å². The van der Waals surface area contributed by atoms with Gasteiger partial charge in [0, 0.05) is 4.48 Å². The van der Waals surface area contributed by atoms with Gasteiger partial charge in [0.15, 0.2) is 0 Å². The Morgan fingerprint density at radius 3 is 2.38 bits per heavy atom. The average molecular weight is 284 g/mol. The van der Waals surface area contributed by atoms with Crippen molar-refractivity contribution in [1.29, 1.82) is 0 Å². The smallest absolute Gasteiger partial charge is 0.125 e. The predicted octanol–water partition coefficient (Wildman–Crippen LogP) is 3.09. The minimum absolute atomic E-state index is 0.498. The molecular weight excluding hydrogens is 266 g/mol. The Labute approximate surface area is 106 Å². The molecule has 0 saturated carbocycles. The van der Waals surface area contributed by atoms with Crippen molar-refractivity contribution >= 4 is 15.9 Å². The normalized spacial score (nSPS) is 10.2. The van der Waals surface area contributed by atoms with E-state index in [-0.39, 0.29) is 0 Å². The quantitative estimate of drug-likeness (QED) is 0.901. The first kappa shape index (κ1) is 13.3. The van der Waals surface area contributed by atoms with Gasteiger partial charge in [-0.2, -0.15) is 0 Å². The molecule has 0 aliphatic heterocycles. The second-order valence-electron chi connectivity index (χ2n) is 3.90. The van der Waals surface area contributed by atoms with Crippen LogP contribution >= 0.6 is 15.9 Å². The molecule has 16 heavy (non-hydrogen) atoms. The van der Waals surface area contributed by atoms with Gasteiger partial charge in [0.25, 0.3) is 0 Å². The molecule has 0 spiro atoms. The molecule has 0 aliphatic rings. The minimum Gasteiger partial charge on any atom is -0.488 e. The summed E-state index contributed by atoms with van der Waals surface area (Å²) >= 11 is 3.28. The molecule has 0 bridgehead atoms. The Morgan fingerprint density at radius 2 is 1.94 bits per heavy atom. The standard InChI is InChI=1S/C13H18BrNO/c1-9-6-12(4-5-15)7-10(2)13(9)16-8-11(3)14/h6-7H,3-5,8,15H2,1-2H3. The highest BCUT2D eigenvalue weighted by molar-refractivity contribution is 9.11. The summed E-state index contributed by atoms with van der Waals surface area (Å²) in [7, 11) is 0. The van der Waals surface area contributed by atoms with Crippen molar-refractivity contribution in [1.82, 2.24) is 0 Å². The van der Waals surface area contributed by atoms with Gasteiger partial charge in [-0.25, -0.2) is 0 Å². The summed E-state index contributed by atoms with van der Waals surface area (Å²) in [4.78, 5) is 0. The number of ether oxygens (including phenoxy) is 1. The van der Waals surface area contributed by atoms with E-state index in [4.69, 9.17) is 10.5 Å². The SMILES string of the molecule is C=C(Br)COc1c(C)cc(CCN)cc1C. The van der Waals surface area contributed by atoms with E-state index < -0.39 is 0 Å². The van der Waals surface area contributed by atoms with E-state index in [9.17, 15) is 0 Å². The summed E-state index contributed by atoms with van der Waals surface area (Å²) in [5.74, 6) is 0.946. The number of halogens is 1. The van der Waals surface area contributed by atoms with E-state index >= 15 is 0 Å². The summed E-state index contributed by atoms with van der Waals surface area (Å²) in [5.41, 5.74) is 9.11. The molecule has 0 radical (unpaired) electrons. The van der Waals surface area contributed by atoms with Crippen LogP contribution in [0.4, 0.5) is 0 Å². The van der Waals surface area contributed by atoms with Crippen molar-refractivity contribution in [3.05, 3.63) is 39.9 Å². The average Bonchev–Trinajstić information content (AvgIpc) is 2.16. The van der Waals surface area contributed by atoms with E-state index in [1.165, 1.54) is 5.56 Å². The first-order valence-corrected chi connectivity index (χ1v) is 6.10. The van der Waals surface area contributed by atoms with Crippen LogP contribution in [0.3, 0.4) is 0 Å². The van der Waals surface area contributed by atoms with E-state index in [0.29, 0.717) is 13.2 Å². The predicted molar refractivity (Wildman–Crippen MR) is 72.2 cm³/mol. The molecule has 1 aromatic rings. The third kappa shape index (κ3) is 3.65. The van der Waals surface area contributed by atoms with Crippen molar-refractivity contribution < 1.29 is 4.74 Å². The van der Waals surface area contributed by atoms with Gasteiger partial charge in [-0.15, -0.1) is 0 Å². The minimum atomic E-state index is 0.498. The van der Waals surface area contributed by atoms with Crippen molar-refractivity contribution in [2.45, 2.75) is 20.3 Å². The molecule has 0 aromatic heterocycles. The van der Waals surface area contributed by atoms with E-state index in [0.717, 1.165) is 27.8 Å². The van der Waals surface area contributed by atoms with Gasteiger partial charge in [0.1, 0.15) is 12.4 Å². The Hall–Kier alpha value is -0.800. The highest BCUT2D eigenvalue weighted by Crippen LogP contribution is 2.25. The second-order valence-corrected chi connectivity index (χ2v) is 5.02. The van der Waals surface area contributed by atoms with Crippen molar-refractivity contribution in [2.75, 3.05) is 13.2 Å². The van der Waals surface area contributed by atoms with Crippen LogP contribution in [0.15, 0.2) is 23.2 Å². The van der Waals surface area contributed by atoms with Crippen LogP contribution in [0.5, 0.6) is 5.75 Å². The molecule has 0 fully saturated rings. The van der Waals surface area contributed by atoms with Gasteiger partial charge < -0.3 is 10.5 Å². The van der Waals surface area contributed by atoms with Crippen LogP contribution in [0.25, 0.3) is 0 Å². The molecule has 3 heteroatoms. The zero-order valence-electron chi connectivity index (χ0n) is 9.85. The van der Waals surface area contributed by atoms with Gasteiger partial charge in [-0.05, 0) is 43.5 Å². The van der Waals surface area contributed by atoms with Crippen LogP contribution in [0, 0.1) is 13.8 Å². The number of benzene rings is 1. The fourth-order valence-electron chi connectivity index (χ4n) is 1.73. The lowest BCUT2D eigenvalue weighted by atomic mass is 10.0. The third-order valence-electron chi connectivity index (χ3n) is 2.33. The first-order chi connectivity index (χ1) is 7.54. The Kier molecular flexibility index (Phi) is 5.03. The van der Waals surface area contributed by atoms with Gasteiger partial charge in [0.05, 0.1) is 0 Å². The van der Waals surface area contributed by atoms with Gasteiger partial charge in [-0.1, -0.05) is 34.6 Å². The molecule has 0 atom stereocenters. The Bertz CT molecular complexity index is 365. The summed E-state index contributed by atoms with van der Waals surface area (Å²) in [5, 5.41) is 0. The summed E-state index contributed by atoms with van der Waals surface area (Å²) < 4.78 is 6.53. The number of hydrogen-bond donors (Lipinski definition) is 1. The lowest BCUT2D eigenvalue weighted by Gasteiger charge is -2.13.